The second-order valence-electron chi connectivity index (χ2n) is 3.71. The normalized spacial score (nSPS) is 10.4. The summed E-state index contributed by atoms with van der Waals surface area (Å²) in [5, 5.41) is 3.74. The molecule has 0 spiro atoms. The molecule has 18 heavy (non-hydrogen) atoms. The average molecular weight is 328 g/mol. The van der Waals surface area contributed by atoms with Crippen LogP contribution in [0.1, 0.15) is 5.56 Å². The van der Waals surface area contributed by atoms with Crippen LogP contribution in [0.5, 0.6) is 11.6 Å². The van der Waals surface area contributed by atoms with E-state index in [1.165, 1.54) is 0 Å². The third-order valence-corrected chi connectivity index (χ3v) is 3.14. The number of ether oxygens (including phenoxy) is 1. The topological polar surface area (TPSA) is 34.2 Å². The van der Waals surface area contributed by atoms with Gasteiger partial charge in [-0.3, -0.25) is 0 Å². The summed E-state index contributed by atoms with van der Waals surface area (Å²) in [5.41, 5.74) is 1.12. The van der Waals surface area contributed by atoms with Crippen molar-refractivity contribution in [3.05, 3.63) is 51.6 Å². The molecule has 0 bridgehead atoms. The van der Waals surface area contributed by atoms with E-state index in [4.69, 9.17) is 16.3 Å². The summed E-state index contributed by atoms with van der Waals surface area (Å²) in [4.78, 5) is 4.18. The second kappa shape index (κ2) is 6.18. The quantitative estimate of drug-likeness (QED) is 0.921. The molecule has 1 aromatic carbocycles. The molecule has 0 radical (unpaired) electrons. The monoisotopic (exact) mass is 326 g/mol. The maximum atomic E-state index is 5.88. The molecule has 0 amide bonds. The Balaban J connectivity index is 2.20. The number of halogens is 2. The van der Waals surface area contributed by atoms with Crippen molar-refractivity contribution < 1.29 is 4.74 Å². The van der Waals surface area contributed by atoms with Crippen molar-refractivity contribution in [3.63, 3.8) is 0 Å². The van der Waals surface area contributed by atoms with Crippen molar-refractivity contribution in [3.8, 4) is 11.6 Å². The van der Waals surface area contributed by atoms with E-state index in [2.05, 4.69) is 26.2 Å². The standard InChI is InChI=1S/C13H12BrClN2O/c1-16-8-9-4-5-17-13(6-9)18-12-3-2-10(15)7-11(12)14/h2-7,16H,8H2,1H3. The van der Waals surface area contributed by atoms with Crippen LogP contribution in [0.2, 0.25) is 5.02 Å². The van der Waals surface area contributed by atoms with E-state index >= 15 is 0 Å². The molecule has 1 aromatic heterocycles. The van der Waals surface area contributed by atoms with Gasteiger partial charge in [0.2, 0.25) is 5.88 Å². The maximum Gasteiger partial charge on any atom is 0.219 e. The van der Waals surface area contributed by atoms with Crippen LogP contribution in [0.15, 0.2) is 41.0 Å². The minimum absolute atomic E-state index is 0.561. The van der Waals surface area contributed by atoms with E-state index in [-0.39, 0.29) is 0 Å². The molecule has 2 rings (SSSR count). The fourth-order valence-electron chi connectivity index (χ4n) is 1.49. The van der Waals surface area contributed by atoms with Crippen LogP contribution in [0.3, 0.4) is 0 Å². The summed E-state index contributed by atoms with van der Waals surface area (Å²) >= 11 is 9.28. The summed E-state index contributed by atoms with van der Waals surface area (Å²) in [6.07, 6.45) is 1.73. The Kier molecular flexibility index (Phi) is 4.58. The van der Waals surface area contributed by atoms with Gasteiger partial charge in [0.1, 0.15) is 5.75 Å². The Morgan fingerprint density at radius 2 is 2.17 bits per heavy atom. The van der Waals surface area contributed by atoms with Crippen LogP contribution < -0.4 is 10.1 Å². The lowest BCUT2D eigenvalue weighted by Gasteiger charge is -2.08. The molecule has 0 saturated heterocycles. The van der Waals surface area contributed by atoms with Gasteiger partial charge in [-0.2, -0.15) is 0 Å². The molecule has 0 atom stereocenters. The summed E-state index contributed by atoms with van der Waals surface area (Å²) < 4.78 is 6.51. The highest BCUT2D eigenvalue weighted by atomic mass is 79.9. The fraction of sp³-hybridized carbons (Fsp3) is 0.154. The van der Waals surface area contributed by atoms with Crippen LogP contribution in [0.25, 0.3) is 0 Å². The largest absolute Gasteiger partial charge is 0.438 e. The summed E-state index contributed by atoms with van der Waals surface area (Å²) in [6.45, 7) is 0.778. The van der Waals surface area contributed by atoms with Crippen molar-refractivity contribution in [2.45, 2.75) is 6.54 Å². The number of hydrogen-bond donors (Lipinski definition) is 1. The molecule has 0 unspecified atom stereocenters. The third kappa shape index (κ3) is 3.45. The lowest BCUT2D eigenvalue weighted by Crippen LogP contribution is -2.05. The first kappa shape index (κ1) is 13.3. The molecule has 0 aliphatic carbocycles. The molecular formula is C13H12BrClN2O. The average Bonchev–Trinajstić information content (AvgIpc) is 2.34. The van der Waals surface area contributed by atoms with Crippen molar-refractivity contribution >= 4 is 27.5 Å². The van der Waals surface area contributed by atoms with Crippen LogP contribution >= 0.6 is 27.5 Å². The Labute approximate surface area is 119 Å². The smallest absolute Gasteiger partial charge is 0.219 e. The summed E-state index contributed by atoms with van der Waals surface area (Å²) in [7, 11) is 1.90. The molecule has 0 saturated carbocycles. The zero-order valence-electron chi connectivity index (χ0n) is 9.78. The third-order valence-electron chi connectivity index (χ3n) is 2.29. The van der Waals surface area contributed by atoms with Crippen molar-refractivity contribution in [1.29, 1.82) is 0 Å². The first-order valence-corrected chi connectivity index (χ1v) is 6.58. The van der Waals surface area contributed by atoms with E-state index in [1.807, 2.05) is 19.2 Å². The zero-order valence-corrected chi connectivity index (χ0v) is 12.1. The molecule has 94 valence electrons. The second-order valence-corrected chi connectivity index (χ2v) is 5.00. The summed E-state index contributed by atoms with van der Waals surface area (Å²) in [6, 6.07) is 9.21. The van der Waals surface area contributed by atoms with Crippen LogP contribution in [0.4, 0.5) is 0 Å². The van der Waals surface area contributed by atoms with Gasteiger partial charge >= 0.3 is 0 Å². The van der Waals surface area contributed by atoms with Gasteiger partial charge in [-0.25, -0.2) is 4.98 Å². The molecule has 5 heteroatoms. The Morgan fingerprint density at radius 3 is 2.89 bits per heavy atom. The minimum Gasteiger partial charge on any atom is -0.438 e. The Morgan fingerprint density at radius 1 is 1.33 bits per heavy atom. The van der Waals surface area contributed by atoms with Crippen LogP contribution in [0, 0.1) is 0 Å². The maximum absolute atomic E-state index is 5.88. The number of nitrogens with one attached hydrogen (secondary N) is 1. The highest BCUT2D eigenvalue weighted by Gasteiger charge is 2.05. The molecule has 0 fully saturated rings. The first-order valence-electron chi connectivity index (χ1n) is 5.41. The predicted molar refractivity (Wildman–Crippen MR) is 76.2 cm³/mol. The fourth-order valence-corrected chi connectivity index (χ4v) is 2.25. The molecule has 1 N–H and O–H groups in total. The number of aromatic nitrogens is 1. The first-order chi connectivity index (χ1) is 8.69. The molecule has 0 aliphatic rings. The van der Waals surface area contributed by atoms with E-state index in [9.17, 15) is 0 Å². The SMILES string of the molecule is CNCc1ccnc(Oc2ccc(Cl)cc2Br)c1. The van der Waals surface area contributed by atoms with Crippen molar-refractivity contribution in [1.82, 2.24) is 10.3 Å². The van der Waals surface area contributed by atoms with Gasteiger partial charge in [0, 0.05) is 23.8 Å². The van der Waals surface area contributed by atoms with Gasteiger partial charge in [-0.15, -0.1) is 0 Å². The Hall–Kier alpha value is -1.10. The van der Waals surface area contributed by atoms with Crippen molar-refractivity contribution in [2.75, 3.05) is 7.05 Å². The lowest BCUT2D eigenvalue weighted by atomic mass is 10.2. The number of hydrogen-bond acceptors (Lipinski definition) is 3. The Bertz CT molecular complexity index is 548. The zero-order chi connectivity index (χ0) is 13.0. The van der Waals surface area contributed by atoms with Gasteiger partial charge in [-0.1, -0.05) is 11.6 Å². The van der Waals surface area contributed by atoms with E-state index in [0.717, 1.165) is 16.6 Å². The molecule has 2 aromatic rings. The highest BCUT2D eigenvalue weighted by molar-refractivity contribution is 9.10. The van der Waals surface area contributed by atoms with Gasteiger partial charge < -0.3 is 10.1 Å². The van der Waals surface area contributed by atoms with Gasteiger partial charge in [0.25, 0.3) is 0 Å². The number of nitrogens with zero attached hydrogens (tertiary/aromatic N) is 1. The number of pyridine rings is 1. The van der Waals surface area contributed by atoms with Crippen LogP contribution in [-0.4, -0.2) is 12.0 Å². The molecule has 1 heterocycles. The number of benzene rings is 1. The van der Waals surface area contributed by atoms with Crippen molar-refractivity contribution in [2.24, 2.45) is 0 Å². The minimum atomic E-state index is 0.561. The summed E-state index contributed by atoms with van der Waals surface area (Å²) in [5.74, 6) is 1.25. The van der Waals surface area contributed by atoms with E-state index in [1.54, 1.807) is 24.4 Å². The lowest BCUT2D eigenvalue weighted by molar-refractivity contribution is 0.459. The molecule has 0 aliphatic heterocycles. The van der Waals surface area contributed by atoms with Gasteiger partial charge in [-0.05, 0) is 52.8 Å². The van der Waals surface area contributed by atoms with Gasteiger partial charge in [0.05, 0.1) is 4.47 Å². The van der Waals surface area contributed by atoms with Crippen LogP contribution in [-0.2, 0) is 6.54 Å². The van der Waals surface area contributed by atoms with E-state index < -0.39 is 0 Å². The van der Waals surface area contributed by atoms with Gasteiger partial charge in [0.15, 0.2) is 0 Å². The molecular weight excluding hydrogens is 316 g/mol. The molecule has 3 nitrogen and oxygen atoms in total. The highest BCUT2D eigenvalue weighted by Crippen LogP contribution is 2.31. The predicted octanol–water partition coefficient (Wildman–Crippen LogP) is 4.01. The number of rotatable bonds is 4. The van der Waals surface area contributed by atoms with E-state index in [0.29, 0.717) is 16.7 Å².